The molecule has 124 valence electrons. The molecule has 1 aromatic heterocycles. The number of carbonyl (C=O) groups excluding carboxylic acids is 1. The minimum absolute atomic E-state index is 0.207. The number of hydrogen-bond donors (Lipinski definition) is 1. The second-order valence-corrected chi connectivity index (χ2v) is 7.47. The number of benzene rings is 1. The highest BCUT2D eigenvalue weighted by Gasteiger charge is 2.23. The van der Waals surface area contributed by atoms with Crippen LogP contribution in [0.4, 0.5) is 5.00 Å². The van der Waals surface area contributed by atoms with Crippen molar-refractivity contribution in [3.8, 4) is 11.8 Å². The van der Waals surface area contributed by atoms with Crippen LogP contribution in [0.5, 0.6) is 5.75 Å². The van der Waals surface area contributed by atoms with Gasteiger partial charge in [0.05, 0.1) is 12.2 Å². The van der Waals surface area contributed by atoms with E-state index in [0.29, 0.717) is 34.4 Å². The maximum atomic E-state index is 12.5. The van der Waals surface area contributed by atoms with E-state index in [9.17, 15) is 10.1 Å². The van der Waals surface area contributed by atoms with Gasteiger partial charge in [-0.1, -0.05) is 19.9 Å². The zero-order chi connectivity index (χ0) is 17.1. The first-order valence-electron chi connectivity index (χ1n) is 8.17. The van der Waals surface area contributed by atoms with Crippen molar-refractivity contribution in [3.63, 3.8) is 0 Å². The van der Waals surface area contributed by atoms with Crippen molar-refractivity contribution in [1.82, 2.24) is 0 Å². The van der Waals surface area contributed by atoms with E-state index in [-0.39, 0.29) is 5.91 Å². The third kappa shape index (κ3) is 3.44. The molecule has 0 radical (unpaired) electrons. The summed E-state index contributed by atoms with van der Waals surface area (Å²) >= 11 is 1.53. The Kier molecular flexibility index (Phi) is 4.86. The smallest absolute Gasteiger partial charge is 0.256 e. The fraction of sp³-hybridized carbons (Fsp3) is 0.368. The number of rotatable bonds is 5. The number of fused-ring (bicyclic) bond motifs is 1. The van der Waals surface area contributed by atoms with Gasteiger partial charge in [-0.25, -0.2) is 0 Å². The molecule has 3 rings (SSSR count). The Morgan fingerprint density at radius 1 is 1.42 bits per heavy atom. The van der Waals surface area contributed by atoms with Gasteiger partial charge in [-0.3, -0.25) is 4.79 Å². The van der Waals surface area contributed by atoms with E-state index in [2.05, 4.69) is 25.2 Å². The highest BCUT2D eigenvalue weighted by Crippen LogP contribution is 2.38. The Labute approximate surface area is 146 Å². The van der Waals surface area contributed by atoms with Gasteiger partial charge in [-0.05, 0) is 48.9 Å². The monoisotopic (exact) mass is 340 g/mol. The largest absolute Gasteiger partial charge is 0.493 e. The zero-order valence-corrected chi connectivity index (χ0v) is 14.7. The van der Waals surface area contributed by atoms with Crippen LogP contribution < -0.4 is 10.1 Å². The van der Waals surface area contributed by atoms with Gasteiger partial charge in [0.2, 0.25) is 0 Å². The summed E-state index contributed by atoms with van der Waals surface area (Å²) in [6.45, 7) is 4.77. The summed E-state index contributed by atoms with van der Waals surface area (Å²) < 4.78 is 5.67. The van der Waals surface area contributed by atoms with Gasteiger partial charge in [0, 0.05) is 10.4 Å². The van der Waals surface area contributed by atoms with Crippen LogP contribution in [0.15, 0.2) is 24.3 Å². The van der Waals surface area contributed by atoms with Crippen molar-refractivity contribution < 1.29 is 9.53 Å². The van der Waals surface area contributed by atoms with Gasteiger partial charge in [0.25, 0.3) is 5.91 Å². The zero-order valence-electron chi connectivity index (χ0n) is 13.9. The number of carbonyl (C=O) groups is 1. The van der Waals surface area contributed by atoms with Gasteiger partial charge in [0.15, 0.2) is 0 Å². The number of nitrogens with zero attached hydrogens (tertiary/aromatic N) is 1. The Morgan fingerprint density at radius 3 is 3.00 bits per heavy atom. The predicted octanol–water partition coefficient (Wildman–Crippen LogP) is 4.40. The minimum Gasteiger partial charge on any atom is -0.493 e. The quantitative estimate of drug-likeness (QED) is 0.878. The summed E-state index contributed by atoms with van der Waals surface area (Å²) in [5, 5.41) is 13.0. The highest BCUT2D eigenvalue weighted by atomic mass is 32.1. The average molecular weight is 340 g/mol. The molecule has 4 nitrogen and oxygen atoms in total. The molecule has 0 bridgehead atoms. The van der Waals surface area contributed by atoms with Crippen LogP contribution in [0.1, 0.15) is 46.6 Å². The normalized spacial score (nSPS) is 12.8. The van der Waals surface area contributed by atoms with Crippen LogP contribution in [0.2, 0.25) is 0 Å². The van der Waals surface area contributed by atoms with Crippen LogP contribution in [-0.4, -0.2) is 12.5 Å². The van der Waals surface area contributed by atoms with E-state index in [0.717, 1.165) is 24.8 Å². The fourth-order valence-electron chi connectivity index (χ4n) is 2.78. The van der Waals surface area contributed by atoms with Crippen molar-refractivity contribution in [2.45, 2.75) is 33.1 Å². The molecule has 1 amide bonds. The standard InChI is InChI=1S/C19H20N2O2S/c1-12(2)11-23-14-6-3-5-13(9-14)18(22)21-19-16(10-20)15-7-4-8-17(15)24-19/h3,5-6,9,12H,4,7-8,11H2,1-2H3,(H,21,22). The Bertz CT molecular complexity index is 802. The molecule has 0 unspecified atom stereocenters. The van der Waals surface area contributed by atoms with Crippen molar-refractivity contribution in [3.05, 3.63) is 45.8 Å². The van der Waals surface area contributed by atoms with Gasteiger partial charge >= 0.3 is 0 Å². The third-order valence-corrected chi connectivity index (χ3v) is 5.15. The van der Waals surface area contributed by atoms with Crippen LogP contribution in [0.3, 0.4) is 0 Å². The first-order chi connectivity index (χ1) is 11.6. The number of anilines is 1. The van der Waals surface area contributed by atoms with Crippen molar-refractivity contribution in [2.75, 3.05) is 11.9 Å². The van der Waals surface area contributed by atoms with Gasteiger partial charge < -0.3 is 10.1 Å². The van der Waals surface area contributed by atoms with Crippen LogP contribution >= 0.6 is 11.3 Å². The molecule has 1 aliphatic rings. The molecule has 24 heavy (non-hydrogen) atoms. The van der Waals surface area contributed by atoms with E-state index in [1.165, 1.54) is 16.2 Å². The van der Waals surface area contributed by atoms with Crippen LogP contribution in [-0.2, 0) is 12.8 Å². The van der Waals surface area contributed by atoms with Crippen LogP contribution in [0, 0.1) is 17.2 Å². The molecule has 1 aliphatic carbocycles. The van der Waals surface area contributed by atoms with E-state index in [1.54, 1.807) is 12.1 Å². The molecule has 0 saturated heterocycles. The lowest BCUT2D eigenvalue weighted by molar-refractivity contribution is 0.102. The van der Waals surface area contributed by atoms with Gasteiger partial charge in [-0.2, -0.15) is 5.26 Å². The molecule has 5 heteroatoms. The highest BCUT2D eigenvalue weighted by molar-refractivity contribution is 7.16. The fourth-order valence-corrected chi connectivity index (χ4v) is 4.01. The lowest BCUT2D eigenvalue weighted by Crippen LogP contribution is -2.12. The number of amides is 1. The maximum absolute atomic E-state index is 12.5. The maximum Gasteiger partial charge on any atom is 0.256 e. The predicted molar refractivity (Wildman–Crippen MR) is 95.8 cm³/mol. The molecular formula is C19H20N2O2S. The van der Waals surface area contributed by atoms with Crippen molar-refractivity contribution in [1.29, 1.82) is 5.26 Å². The lowest BCUT2D eigenvalue weighted by Gasteiger charge is -2.10. The van der Waals surface area contributed by atoms with Crippen LogP contribution in [0.25, 0.3) is 0 Å². The minimum atomic E-state index is -0.207. The van der Waals surface area contributed by atoms with E-state index < -0.39 is 0 Å². The second kappa shape index (κ2) is 7.06. The Hall–Kier alpha value is -2.32. The summed E-state index contributed by atoms with van der Waals surface area (Å²) in [5.74, 6) is 0.904. The Morgan fingerprint density at radius 2 is 2.25 bits per heavy atom. The van der Waals surface area contributed by atoms with Gasteiger partial charge in [0.1, 0.15) is 16.8 Å². The lowest BCUT2D eigenvalue weighted by atomic mass is 10.1. The molecule has 1 heterocycles. The Balaban J connectivity index is 1.76. The number of thiophene rings is 1. The first kappa shape index (κ1) is 16.5. The van der Waals surface area contributed by atoms with Crippen molar-refractivity contribution in [2.24, 2.45) is 5.92 Å². The number of hydrogen-bond acceptors (Lipinski definition) is 4. The summed E-state index contributed by atoms with van der Waals surface area (Å²) in [6.07, 6.45) is 3.03. The van der Waals surface area contributed by atoms with Gasteiger partial charge in [-0.15, -0.1) is 11.3 Å². The summed E-state index contributed by atoms with van der Waals surface area (Å²) in [7, 11) is 0. The molecule has 0 aliphatic heterocycles. The summed E-state index contributed by atoms with van der Waals surface area (Å²) in [6, 6.07) is 9.40. The number of aryl methyl sites for hydroxylation is 1. The third-order valence-electron chi connectivity index (χ3n) is 3.94. The SMILES string of the molecule is CC(C)COc1cccc(C(=O)Nc2sc3c(c2C#N)CCC3)c1. The van der Waals surface area contributed by atoms with Crippen molar-refractivity contribution >= 4 is 22.2 Å². The molecule has 1 aromatic carbocycles. The first-order valence-corrected chi connectivity index (χ1v) is 8.99. The topological polar surface area (TPSA) is 62.1 Å². The van der Waals surface area contributed by atoms with E-state index >= 15 is 0 Å². The molecule has 0 spiro atoms. The number of ether oxygens (including phenoxy) is 1. The molecule has 0 fully saturated rings. The summed E-state index contributed by atoms with van der Waals surface area (Å²) in [5.41, 5.74) is 2.29. The molecule has 2 aromatic rings. The average Bonchev–Trinajstić information content (AvgIpc) is 3.13. The number of nitriles is 1. The molecule has 0 atom stereocenters. The number of nitrogens with one attached hydrogen (secondary N) is 1. The van der Waals surface area contributed by atoms with E-state index in [4.69, 9.17) is 4.74 Å². The second-order valence-electron chi connectivity index (χ2n) is 6.36. The summed E-state index contributed by atoms with van der Waals surface area (Å²) in [4.78, 5) is 13.8. The molecular weight excluding hydrogens is 320 g/mol. The van der Waals surface area contributed by atoms with E-state index in [1.807, 2.05) is 12.1 Å². The molecule has 0 saturated carbocycles. The molecule has 1 N–H and O–H groups in total.